The van der Waals surface area contributed by atoms with Crippen molar-refractivity contribution in [1.82, 2.24) is 9.78 Å². The molecule has 18 heavy (non-hydrogen) atoms. The average Bonchev–Trinajstić information content (AvgIpc) is 2.84. The molecule has 1 aromatic carbocycles. The van der Waals surface area contributed by atoms with E-state index in [9.17, 15) is 0 Å². The van der Waals surface area contributed by atoms with Crippen LogP contribution in [0.5, 0.6) is 5.75 Å². The normalized spacial score (nSPS) is 10.6. The molecule has 0 saturated carbocycles. The van der Waals surface area contributed by atoms with Gasteiger partial charge in [-0.15, -0.1) is 0 Å². The summed E-state index contributed by atoms with van der Waals surface area (Å²) in [6.07, 6.45) is 3.77. The summed E-state index contributed by atoms with van der Waals surface area (Å²) in [5.41, 5.74) is 7.50. The number of ether oxygens (including phenoxy) is 1. The molecule has 2 aromatic rings. The second-order valence-electron chi connectivity index (χ2n) is 3.95. The van der Waals surface area contributed by atoms with Crippen molar-refractivity contribution in [3.05, 3.63) is 46.7 Å². The molecule has 0 aliphatic carbocycles. The van der Waals surface area contributed by atoms with E-state index in [0.29, 0.717) is 18.2 Å². The van der Waals surface area contributed by atoms with E-state index in [2.05, 4.69) is 5.10 Å². The van der Waals surface area contributed by atoms with E-state index in [1.807, 2.05) is 29.9 Å². The number of rotatable bonds is 5. The van der Waals surface area contributed by atoms with Gasteiger partial charge in [-0.05, 0) is 24.6 Å². The van der Waals surface area contributed by atoms with Gasteiger partial charge in [0.05, 0.1) is 6.20 Å². The third-order valence-corrected chi connectivity index (χ3v) is 3.01. The number of aromatic nitrogens is 2. The van der Waals surface area contributed by atoms with Crippen LogP contribution in [0.3, 0.4) is 0 Å². The van der Waals surface area contributed by atoms with Gasteiger partial charge in [0.1, 0.15) is 12.4 Å². The van der Waals surface area contributed by atoms with E-state index in [-0.39, 0.29) is 0 Å². The second-order valence-corrected chi connectivity index (χ2v) is 4.36. The quantitative estimate of drug-likeness (QED) is 0.904. The molecule has 2 N–H and O–H groups in total. The minimum absolute atomic E-state index is 0.433. The van der Waals surface area contributed by atoms with E-state index in [1.165, 1.54) is 0 Å². The summed E-state index contributed by atoms with van der Waals surface area (Å²) in [7, 11) is 0. The number of nitrogens with two attached hydrogens (primary N) is 1. The van der Waals surface area contributed by atoms with Crippen LogP contribution in [-0.4, -0.2) is 9.78 Å². The number of nitrogens with zero attached hydrogens (tertiary/aromatic N) is 2. The molecule has 0 aliphatic heterocycles. The molecule has 0 unspecified atom stereocenters. The third-order valence-electron chi connectivity index (χ3n) is 2.66. The van der Waals surface area contributed by atoms with Crippen LogP contribution in [0.15, 0.2) is 30.6 Å². The Hall–Kier alpha value is -1.52. The fraction of sp³-hybridized carbons (Fsp3) is 0.308. The Labute approximate surface area is 111 Å². The maximum atomic E-state index is 6.06. The van der Waals surface area contributed by atoms with Crippen molar-refractivity contribution < 1.29 is 4.74 Å². The lowest BCUT2D eigenvalue weighted by Gasteiger charge is -2.07. The predicted molar refractivity (Wildman–Crippen MR) is 71.6 cm³/mol. The summed E-state index contributed by atoms with van der Waals surface area (Å²) < 4.78 is 7.52. The van der Waals surface area contributed by atoms with E-state index < -0.39 is 0 Å². The largest absolute Gasteiger partial charge is 0.489 e. The number of halogens is 1. The van der Waals surface area contributed by atoms with Gasteiger partial charge in [0.15, 0.2) is 0 Å². The van der Waals surface area contributed by atoms with Crippen LogP contribution < -0.4 is 10.5 Å². The number of aryl methyl sites for hydroxylation is 1. The highest BCUT2D eigenvalue weighted by molar-refractivity contribution is 6.31. The van der Waals surface area contributed by atoms with E-state index in [1.54, 1.807) is 12.3 Å². The van der Waals surface area contributed by atoms with Crippen molar-refractivity contribution >= 4 is 11.6 Å². The van der Waals surface area contributed by atoms with Crippen LogP contribution in [0.25, 0.3) is 0 Å². The van der Waals surface area contributed by atoms with Gasteiger partial charge >= 0.3 is 0 Å². The zero-order valence-electron chi connectivity index (χ0n) is 10.3. The van der Waals surface area contributed by atoms with Crippen LogP contribution >= 0.6 is 11.6 Å². The van der Waals surface area contributed by atoms with Crippen LogP contribution in [0.2, 0.25) is 5.02 Å². The highest BCUT2D eigenvalue weighted by Gasteiger charge is 2.03. The van der Waals surface area contributed by atoms with Gasteiger partial charge in [-0.1, -0.05) is 17.7 Å². The molecular formula is C13H16ClN3O. The highest BCUT2D eigenvalue weighted by atomic mass is 35.5. The molecule has 0 saturated heterocycles. The summed E-state index contributed by atoms with van der Waals surface area (Å²) in [5.74, 6) is 0.737. The van der Waals surface area contributed by atoms with Crippen molar-refractivity contribution in [2.24, 2.45) is 5.73 Å². The van der Waals surface area contributed by atoms with Gasteiger partial charge < -0.3 is 10.5 Å². The van der Waals surface area contributed by atoms with Crippen molar-refractivity contribution in [2.45, 2.75) is 26.6 Å². The predicted octanol–water partition coefficient (Wildman–Crippen LogP) is 2.59. The van der Waals surface area contributed by atoms with Crippen molar-refractivity contribution in [1.29, 1.82) is 0 Å². The summed E-state index contributed by atoms with van der Waals surface area (Å²) >= 11 is 6.06. The zero-order chi connectivity index (χ0) is 13.0. The maximum absolute atomic E-state index is 6.06. The first-order valence-electron chi connectivity index (χ1n) is 5.85. The average molecular weight is 266 g/mol. The van der Waals surface area contributed by atoms with Crippen molar-refractivity contribution in [2.75, 3.05) is 0 Å². The number of benzene rings is 1. The molecule has 0 fully saturated rings. The second kappa shape index (κ2) is 5.89. The van der Waals surface area contributed by atoms with Crippen LogP contribution in [0.1, 0.15) is 18.1 Å². The van der Waals surface area contributed by atoms with Gasteiger partial charge in [0.2, 0.25) is 0 Å². The molecule has 0 aliphatic rings. The minimum Gasteiger partial charge on any atom is -0.489 e. The molecule has 5 heteroatoms. The Morgan fingerprint density at radius 3 is 2.89 bits per heavy atom. The topological polar surface area (TPSA) is 53.1 Å². The molecule has 2 rings (SSSR count). The van der Waals surface area contributed by atoms with E-state index >= 15 is 0 Å². The standard InChI is InChI=1S/C13H16ClN3O/c1-2-17-8-10(7-16-17)9-18-12-4-3-11(6-15)13(14)5-12/h3-5,7-8H,2,6,9,15H2,1H3. The molecule has 1 aromatic heterocycles. The van der Waals surface area contributed by atoms with E-state index in [4.69, 9.17) is 22.1 Å². The van der Waals surface area contributed by atoms with Gasteiger partial charge in [-0.2, -0.15) is 5.10 Å². The summed E-state index contributed by atoms with van der Waals surface area (Å²) in [6.45, 7) is 3.82. The highest BCUT2D eigenvalue weighted by Crippen LogP contribution is 2.22. The molecule has 0 atom stereocenters. The fourth-order valence-electron chi connectivity index (χ4n) is 1.60. The van der Waals surface area contributed by atoms with Crippen LogP contribution in [0.4, 0.5) is 0 Å². The molecule has 0 bridgehead atoms. The fourth-order valence-corrected chi connectivity index (χ4v) is 1.85. The monoisotopic (exact) mass is 265 g/mol. The molecule has 1 heterocycles. The summed E-state index contributed by atoms with van der Waals surface area (Å²) in [6, 6.07) is 5.54. The lowest BCUT2D eigenvalue weighted by Crippen LogP contribution is -1.99. The van der Waals surface area contributed by atoms with Crippen LogP contribution in [0, 0.1) is 0 Å². The smallest absolute Gasteiger partial charge is 0.121 e. The first kappa shape index (κ1) is 12.9. The maximum Gasteiger partial charge on any atom is 0.121 e. The first-order chi connectivity index (χ1) is 8.72. The minimum atomic E-state index is 0.433. The Bertz CT molecular complexity index is 525. The lowest BCUT2D eigenvalue weighted by atomic mass is 10.2. The van der Waals surface area contributed by atoms with Gasteiger partial charge in [-0.3, -0.25) is 4.68 Å². The number of hydrogen-bond acceptors (Lipinski definition) is 3. The zero-order valence-corrected chi connectivity index (χ0v) is 11.0. The Kier molecular flexibility index (Phi) is 4.23. The summed E-state index contributed by atoms with van der Waals surface area (Å²) in [4.78, 5) is 0. The molecule has 0 amide bonds. The molecule has 96 valence electrons. The Balaban J connectivity index is 1.99. The van der Waals surface area contributed by atoms with E-state index in [0.717, 1.165) is 23.4 Å². The lowest BCUT2D eigenvalue weighted by molar-refractivity contribution is 0.306. The van der Waals surface area contributed by atoms with Gasteiger partial charge in [-0.25, -0.2) is 0 Å². The third kappa shape index (κ3) is 3.03. The number of hydrogen-bond donors (Lipinski definition) is 1. The molecule has 0 radical (unpaired) electrons. The van der Waals surface area contributed by atoms with Crippen molar-refractivity contribution in [3.63, 3.8) is 0 Å². The Morgan fingerprint density at radius 1 is 1.44 bits per heavy atom. The summed E-state index contributed by atoms with van der Waals surface area (Å²) in [5, 5.41) is 4.82. The first-order valence-corrected chi connectivity index (χ1v) is 6.23. The SMILES string of the molecule is CCn1cc(COc2ccc(CN)c(Cl)c2)cn1. The molecule has 0 spiro atoms. The Morgan fingerprint density at radius 2 is 2.28 bits per heavy atom. The van der Waals surface area contributed by atoms with Crippen LogP contribution in [-0.2, 0) is 19.7 Å². The van der Waals surface area contributed by atoms with Crippen molar-refractivity contribution in [3.8, 4) is 5.75 Å². The van der Waals surface area contributed by atoms with Gasteiger partial charge in [0.25, 0.3) is 0 Å². The van der Waals surface area contributed by atoms with Gasteiger partial charge in [0, 0.05) is 29.9 Å². The molecular weight excluding hydrogens is 250 g/mol. The molecule has 4 nitrogen and oxygen atoms in total.